The molecule has 0 aliphatic carbocycles. The number of anilines is 1. The van der Waals surface area contributed by atoms with Gasteiger partial charge in [-0.3, -0.25) is 4.79 Å². The van der Waals surface area contributed by atoms with Crippen molar-refractivity contribution in [2.75, 3.05) is 18.4 Å². The molecule has 2 N–H and O–H groups in total. The molecule has 0 atom stereocenters. The van der Waals surface area contributed by atoms with E-state index in [1.165, 1.54) is 21.6 Å². The molecular formula is C19H25N3OS. The number of nitrogens with one attached hydrogen (secondary N) is 2. The van der Waals surface area contributed by atoms with E-state index in [-0.39, 0.29) is 5.91 Å². The number of aryl methyl sites for hydroxylation is 3. The molecule has 1 aromatic heterocycles. The standard InChI is InChI=1S/C19H25N3OS/c1-13-3-4-15(14(2)11-13)5-6-18(23)22-19-21-12-17(24-19)16-7-9-20-10-8-16/h3-4,11-12,16,20H,5-10H2,1-2H3,(H,21,22,23). The van der Waals surface area contributed by atoms with Gasteiger partial charge in [-0.1, -0.05) is 23.8 Å². The van der Waals surface area contributed by atoms with Crippen molar-refractivity contribution in [2.45, 2.75) is 45.4 Å². The normalized spacial score (nSPS) is 15.4. The van der Waals surface area contributed by atoms with Crippen LogP contribution in [0.4, 0.5) is 5.13 Å². The Morgan fingerprint density at radius 2 is 2.12 bits per heavy atom. The predicted octanol–water partition coefficient (Wildman–Crippen LogP) is 3.80. The molecule has 1 amide bonds. The summed E-state index contributed by atoms with van der Waals surface area (Å²) in [6, 6.07) is 6.39. The zero-order valence-electron chi connectivity index (χ0n) is 14.4. The Bertz CT molecular complexity index is 704. The minimum absolute atomic E-state index is 0.0428. The summed E-state index contributed by atoms with van der Waals surface area (Å²) in [6.45, 7) is 6.33. The number of rotatable bonds is 5. The van der Waals surface area contributed by atoms with Gasteiger partial charge in [-0.05, 0) is 63.2 Å². The highest BCUT2D eigenvalue weighted by Gasteiger charge is 2.18. The smallest absolute Gasteiger partial charge is 0.226 e. The maximum Gasteiger partial charge on any atom is 0.226 e. The molecule has 0 saturated carbocycles. The number of nitrogens with zero attached hydrogens (tertiary/aromatic N) is 1. The number of amides is 1. The summed E-state index contributed by atoms with van der Waals surface area (Å²) < 4.78 is 0. The third kappa shape index (κ3) is 4.42. The van der Waals surface area contributed by atoms with Gasteiger partial charge >= 0.3 is 0 Å². The zero-order chi connectivity index (χ0) is 16.9. The van der Waals surface area contributed by atoms with E-state index in [9.17, 15) is 4.79 Å². The van der Waals surface area contributed by atoms with E-state index in [4.69, 9.17) is 0 Å². The van der Waals surface area contributed by atoms with Crippen LogP contribution < -0.4 is 10.6 Å². The summed E-state index contributed by atoms with van der Waals surface area (Å²) >= 11 is 1.62. The van der Waals surface area contributed by atoms with Gasteiger partial charge in [0.15, 0.2) is 5.13 Å². The lowest BCUT2D eigenvalue weighted by Gasteiger charge is -2.20. The molecule has 1 saturated heterocycles. The molecule has 2 heterocycles. The third-order valence-corrected chi connectivity index (χ3v) is 5.71. The molecule has 0 bridgehead atoms. The minimum atomic E-state index is 0.0428. The molecule has 2 aromatic rings. The van der Waals surface area contributed by atoms with Crippen molar-refractivity contribution in [3.05, 3.63) is 46.0 Å². The molecule has 24 heavy (non-hydrogen) atoms. The fourth-order valence-corrected chi connectivity index (χ4v) is 4.20. The second-order valence-corrected chi connectivity index (χ2v) is 7.63. The van der Waals surface area contributed by atoms with Crippen LogP contribution in [0, 0.1) is 13.8 Å². The van der Waals surface area contributed by atoms with E-state index in [1.807, 2.05) is 6.20 Å². The van der Waals surface area contributed by atoms with Crippen molar-refractivity contribution in [1.82, 2.24) is 10.3 Å². The van der Waals surface area contributed by atoms with Crippen molar-refractivity contribution in [3.8, 4) is 0 Å². The molecule has 4 nitrogen and oxygen atoms in total. The Balaban J connectivity index is 1.52. The fraction of sp³-hybridized carbons (Fsp3) is 0.474. The number of piperidine rings is 1. The van der Waals surface area contributed by atoms with E-state index >= 15 is 0 Å². The summed E-state index contributed by atoms with van der Waals surface area (Å²) in [6.07, 6.45) is 5.50. The molecule has 1 aromatic carbocycles. The molecule has 5 heteroatoms. The highest BCUT2D eigenvalue weighted by atomic mass is 32.1. The lowest BCUT2D eigenvalue weighted by molar-refractivity contribution is -0.116. The average molecular weight is 343 g/mol. The summed E-state index contributed by atoms with van der Waals surface area (Å²) in [5, 5.41) is 7.06. The Morgan fingerprint density at radius 1 is 1.33 bits per heavy atom. The number of carbonyl (C=O) groups excluding carboxylic acids is 1. The van der Waals surface area contributed by atoms with Crippen LogP contribution in [0.3, 0.4) is 0 Å². The number of benzene rings is 1. The Labute approximate surface area is 147 Å². The molecule has 3 rings (SSSR count). The second-order valence-electron chi connectivity index (χ2n) is 6.57. The first-order valence-electron chi connectivity index (χ1n) is 8.64. The lowest BCUT2D eigenvalue weighted by Crippen LogP contribution is -2.26. The van der Waals surface area contributed by atoms with Crippen LogP contribution in [0.25, 0.3) is 0 Å². The van der Waals surface area contributed by atoms with Gasteiger partial charge in [0, 0.05) is 17.5 Å². The van der Waals surface area contributed by atoms with Gasteiger partial charge < -0.3 is 10.6 Å². The average Bonchev–Trinajstić information content (AvgIpc) is 3.03. The van der Waals surface area contributed by atoms with E-state index in [0.29, 0.717) is 12.3 Å². The SMILES string of the molecule is Cc1ccc(CCC(=O)Nc2ncc(C3CCNCC3)s2)c(C)c1. The van der Waals surface area contributed by atoms with E-state index in [0.717, 1.165) is 37.5 Å². The number of hydrogen-bond acceptors (Lipinski definition) is 4. The van der Waals surface area contributed by atoms with Crippen molar-refractivity contribution < 1.29 is 4.79 Å². The predicted molar refractivity (Wildman–Crippen MR) is 99.8 cm³/mol. The molecule has 0 spiro atoms. The topological polar surface area (TPSA) is 54.0 Å². The Hall–Kier alpha value is -1.72. The van der Waals surface area contributed by atoms with Crippen LogP contribution in [0.15, 0.2) is 24.4 Å². The van der Waals surface area contributed by atoms with Crippen molar-refractivity contribution in [1.29, 1.82) is 0 Å². The van der Waals surface area contributed by atoms with Gasteiger partial charge in [-0.2, -0.15) is 0 Å². The molecule has 1 aliphatic heterocycles. The number of carbonyl (C=O) groups is 1. The van der Waals surface area contributed by atoms with Crippen LogP contribution in [-0.4, -0.2) is 24.0 Å². The number of hydrogen-bond donors (Lipinski definition) is 2. The largest absolute Gasteiger partial charge is 0.317 e. The van der Waals surface area contributed by atoms with Gasteiger partial charge in [0.05, 0.1) is 0 Å². The van der Waals surface area contributed by atoms with Crippen LogP contribution in [0.5, 0.6) is 0 Å². The van der Waals surface area contributed by atoms with Crippen LogP contribution in [0.1, 0.15) is 46.7 Å². The quantitative estimate of drug-likeness (QED) is 0.868. The monoisotopic (exact) mass is 343 g/mol. The summed E-state index contributed by atoms with van der Waals surface area (Å²) in [7, 11) is 0. The third-order valence-electron chi connectivity index (χ3n) is 4.63. The Morgan fingerprint density at radius 3 is 2.88 bits per heavy atom. The Kier molecular flexibility index (Phi) is 5.63. The van der Waals surface area contributed by atoms with E-state index in [2.05, 4.69) is 47.7 Å². The van der Waals surface area contributed by atoms with Gasteiger partial charge in [0.25, 0.3) is 0 Å². The van der Waals surface area contributed by atoms with Crippen molar-refractivity contribution in [3.63, 3.8) is 0 Å². The first kappa shape index (κ1) is 17.1. The van der Waals surface area contributed by atoms with Gasteiger partial charge in [-0.25, -0.2) is 4.98 Å². The van der Waals surface area contributed by atoms with Crippen molar-refractivity contribution >= 4 is 22.4 Å². The molecule has 128 valence electrons. The summed E-state index contributed by atoms with van der Waals surface area (Å²) in [4.78, 5) is 17.9. The number of aromatic nitrogens is 1. The summed E-state index contributed by atoms with van der Waals surface area (Å²) in [5.41, 5.74) is 3.75. The molecule has 0 unspecified atom stereocenters. The minimum Gasteiger partial charge on any atom is -0.317 e. The molecule has 1 fully saturated rings. The maximum atomic E-state index is 12.2. The number of thiazole rings is 1. The van der Waals surface area contributed by atoms with Crippen LogP contribution in [-0.2, 0) is 11.2 Å². The first-order chi connectivity index (χ1) is 11.6. The van der Waals surface area contributed by atoms with Gasteiger partial charge in [0.1, 0.15) is 0 Å². The second kappa shape index (κ2) is 7.90. The van der Waals surface area contributed by atoms with Gasteiger partial charge in [-0.15, -0.1) is 11.3 Å². The molecule has 1 aliphatic rings. The zero-order valence-corrected chi connectivity index (χ0v) is 15.2. The lowest BCUT2D eigenvalue weighted by atomic mass is 9.97. The van der Waals surface area contributed by atoms with Crippen molar-refractivity contribution in [2.24, 2.45) is 0 Å². The van der Waals surface area contributed by atoms with Crippen LogP contribution >= 0.6 is 11.3 Å². The first-order valence-corrected chi connectivity index (χ1v) is 9.46. The van der Waals surface area contributed by atoms with E-state index in [1.54, 1.807) is 11.3 Å². The molecule has 0 radical (unpaired) electrons. The maximum absolute atomic E-state index is 12.2. The highest BCUT2D eigenvalue weighted by molar-refractivity contribution is 7.15. The fourth-order valence-electron chi connectivity index (χ4n) is 3.20. The van der Waals surface area contributed by atoms with Crippen LogP contribution in [0.2, 0.25) is 0 Å². The van der Waals surface area contributed by atoms with E-state index < -0.39 is 0 Å². The highest BCUT2D eigenvalue weighted by Crippen LogP contribution is 2.31. The summed E-state index contributed by atoms with van der Waals surface area (Å²) in [5.74, 6) is 0.630. The van der Waals surface area contributed by atoms with Gasteiger partial charge in [0.2, 0.25) is 5.91 Å². The molecular weight excluding hydrogens is 318 g/mol.